The van der Waals surface area contributed by atoms with Crippen LogP contribution >= 0.6 is 0 Å². The zero-order chi connectivity index (χ0) is 14.4. The predicted octanol–water partition coefficient (Wildman–Crippen LogP) is 3.59. The van der Waals surface area contributed by atoms with E-state index in [9.17, 15) is 13.9 Å². The maximum atomic E-state index is 13.8. The number of aliphatic hydroxyl groups is 1. The molecule has 2 nitrogen and oxygen atoms in total. The van der Waals surface area contributed by atoms with Crippen molar-refractivity contribution in [2.45, 2.75) is 51.4 Å². The highest BCUT2D eigenvalue weighted by atomic mass is 19.1. The van der Waals surface area contributed by atoms with Crippen molar-refractivity contribution in [1.29, 1.82) is 0 Å². The van der Waals surface area contributed by atoms with E-state index in [0.717, 1.165) is 18.2 Å². The van der Waals surface area contributed by atoms with Gasteiger partial charge in [0.15, 0.2) is 0 Å². The topological polar surface area (TPSA) is 29.5 Å². The van der Waals surface area contributed by atoms with Gasteiger partial charge in [-0.25, -0.2) is 8.78 Å². The Morgan fingerprint density at radius 3 is 2.42 bits per heavy atom. The molecule has 1 saturated heterocycles. The van der Waals surface area contributed by atoms with Crippen LogP contribution < -0.4 is 0 Å². The number of halogens is 2. The third-order valence-electron chi connectivity index (χ3n) is 3.80. The Kier molecular flexibility index (Phi) is 3.43. The summed E-state index contributed by atoms with van der Waals surface area (Å²) >= 11 is 0. The van der Waals surface area contributed by atoms with E-state index in [1.807, 2.05) is 27.7 Å². The van der Waals surface area contributed by atoms with E-state index in [-0.39, 0.29) is 17.1 Å². The normalized spacial score (nSPS) is 26.4. The lowest BCUT2D eigenvalue weighted by Gasteiger charge is -2.30. The summed E-state index contributed by atoms with van der Waals surface area (Å²) in [5.41, 5.74) is -0.958. The largest absolute Gasteiger partial charge is 0.388 e. The van der Waals surface area contributed by atoms with Gasteiger partial charge in [-0.3, -0.25) is 0 Å². The van der Waals surface area contributed by atoms with Crippen LogP contribution in [0.25, 0.3) is 0 Å². The highest BCUT2D eigenvalue weighted by Gasteiger charge is 2.49. The van der Waals surface area contributed by atoms with Crippen LogP contribution in [0.4, 0.5) is 8.78 Å². The van der Waals surface area contributed by atoms with Gasteiger partial charge in [0.1, 0.15) is 11.6 Å². The molecule has 0 bridgehead atoms. The molecule has 4 heteroatoms. The second-order valence-corrected chi connectivity index (χ2v) is 6.39. The molecule has 1 aliphatic rings. The molecular weight excluding hydrogens is 250 g/mol. The molecule has 1 aromatic carbocycles. The molecule has 1 heterocycles. The van der Waals surface area contributed by atoms with E-state index >= 15 is 0 Å². The number of aliphatic hydroxyl groups excluding tert-OH is 1. The van der Waals surface area contributed by atoms with Crippen molar-refractivity contribution in [2.24, 2.45) is 5.92 Å². The average Bonchev–Trinajstić information content (AvgIpc) is 2.49. The molecule has 0 spiro atoms. The quantitative estimate of drug-likeness (QED) is 0.890. The zero-order valence-corrected chi connectivity index (χ0v) is 11.7. The first-order valence-corrected chi connectivity index (χ1v) is 6.45. The monoisotopic (exact) mass is 270 g/mol. The van der Waals surface area contributed by atoms with Crippen LogP contribution in [-0.2, 0) is 4.74 Å². The van der Waals surface area contributed by atoms with E-state index in [0.29, 0.717) is 6.42 Å². The van der Waals surface area contributed by atoms with Crippen LogP contribution in [0, 0.1) is 17.6 Å². The third kappa shape index (κ3) is 2.79. The van der Waals surface area contributed by atoms with Crippen molar-refractivity contribution < 1.29 is 18.6 Å². The summed E-state index contributed by atoms with van der Waals surface area (Å²) in [6.45, 7) is 7.60. The Morgan fingerprint density at radius 2 is 1.89 bits per heavy atom. The lowest BCUT2D eigenvalue weighted by atomic mass is 9.80. The van der Waals surface area contributed by atoms with Crippen LogP contribution in [0.3, 0.4) is 0 Å². The molecule has 2 rings (SSSR count). The van der Waals surface area contributed by atoms with Crippen LogP contribution in [0.5, 0.6) is 0 Å². The molecule has 1 aromatic rings. The molecule has 1 N–H and O–H groups in total. The molecule has 0 radical (unpaired) electrons. The fraction of sp³-hybridized carbons (Fsp3) is 0.600. The SMILES string of the molecule is CC1(C)CC(C(O)c2cc(F)ccc2F)C(C)(C)O1. The second kappa shape index (κ2) is 4.53. The van der Waals surface area contributed by atoms with Gasteiger partial charge in [0.2, 0.25) is 0 Å². The Morgan fingerprint density at radius 1 is 1.26 bits per heavy atom. The maximum Gasteiger partial charge on any atom is 0.129 e. The minimum absolute atomic E-state index is 0.000579. The molecule has 2 atom stereocenters. The van der Waals surface area contributed by atoms with Crippen molar-refractivity contribution in [3.05, 3.63) is 35.4 Å². The standard InChI is InChI=1S/C15H20F2O2/c1-14(2)8-11(15(3,4)19-14)13(18)10-7-9(16)5-6-12(10)17/h5-7,11,13,18H,8H2,1-4H3. The van der Waals surface area contributed by atoms with Crippen LogP contribution in [0.15, 0.2) is 18.2 Å². The van der Waals surface area contributed by atoms with Gasteiger partial charge in [-0.05, 0) is 52.3 Å². The first kappa shape index (κ1) is 14.4. The van der Waals surface area contributed by atoms with Crippen molar-refractivity contribution in [3.63, 3.8) is 0 Å². The molecule has 1 fully saturated rings. The molecule has 0 saturated carbocycles. The molecular formula is C15H20F2O2. The van der Waals surface area contributed by atoms with Gasteiger partial charge in [-0.15, -0.1) is 0 Å². The lowest BCUT2D eigenvalue weighted by Crippen LogP contribution is -2.33. The maximum absolute atomic E-state index is 13.8. The van der Waals surface area contributed by atoms with Gasteiger partial charge in [0.05, 0.1) is 17.3 Å². The average molecular weight is 270 g/mol. The second-order valence-electron chi connectivity index (χ2n) is 6.39. The van der Waals surface area contributed by atoms with Crippen LogP contribution in [-0.4, -0.2) is 16.3 Å². The summed E-state index contributed by atoms with van der Waals surface area (Å²) in [6.07, 6.45) is -0.482. The third-order valence-corrected chi connectivity index (χ3v) is 3.80. The van der Waals surface area contributed by atoms with Gasteiger partial charge in [-0.2, -0.15) is 0 Å². The van der Waals surface area contributed by atoms with Gasteiger partial charge < -0.3 is 9.84 Å². The Labute approximate surface area is 112 Å². The minimum atomic E-state index is -1.08. The number of rotatable bonds is 2. The van der Waals surface area contributed by atoms with E-state index in [1.165, 1.54) is 0 Å². The Hall–Kier alpha value is -1.00. The molecule has 0 aromatic heterocycles. The fourth-order valence-corrected chi connectivity index (χ4v) is 3.05. The summed E-state index contributed by atoms with van der Waals surface area (Å²) in [5, 5.41) is 10.4. The number of hydrogen-bond acceptors (Lipinski definition) is 2. The summed E-state index contributed by atoms with van der Waals surface area (Å²) < 4.78 is 32.9. The summed E-state index contributed by atoms with van der Waals surface area (Å²) in [6, 6.07) is 3.15. The van der Waals surface area contributed by atoms with Crippen molar-refractivity contribution >= 4 is 0 Å². The van der Waals surface area contributed by atoms with Crippen LogP contribution in [0.2, 0.25) is 0 Å². The molecule has 2 unspecified atom stereocenters. The van der Waals surface area contributed by atoms with Crippen molar-refractivity contribution in [3.8, 4) is 0 Å². The smallest absolute Gasteiger partial charge is 0.129 e. The number of hydrogen-bond donors (Lipinski definition) is 1. The van der Waals surface area contributed by atoms with E-state index in [4.69, 9.17) is 4.74 Å². The predicted molar refractivity (Wildman–Crippen MR) is 68.7 cm³/mol. The van der Waals surface area contributed by atoms with Gasteiger partial charge in [0.25, 0.3) is 0 Å². The highest BCUT2D eigenvalue weighted by molar-refractivity contribution is 5.23. The molecule has 1 aliphatic heterocycles. The first-order valence-electron chi connectivity index (χ1n) is 6.45. The van der Waals surface area contributed by atoms with Gasteiger partial charge in [0, 0.05) is 11.5 Å². The van der Waals surface area contributed by atoms with Gasteiger partial charge >= 0.3 is 0 Å². The number of benzene rings is 1. The summed E-state index contributed by atoms with van der Waals surface area (Å²) in [7, 11) is 0. The van der Waals surface area contributed by atoms with E-state index in [1.54, 1.807) is 0 Å². The number of ether oxygens (including phenoxy) is 1. The van der Waals surface area contributed by atoms with Crippen LogP contribution in [0.1, 0.15) is 45.8 Å². The minimum Gasteiger partial charge on any atom is -0.388 e. The molecule has 0 aliphatic carbocycles. The summed E-state index contributed by atoms with van der Waals surface area (Å²) in [5.74, 6) is -1.42. The van der Waals surface area contributed by atoms with E-state index < -0.39 is 23.3 Å². The molecule has 0 amide bonds. The first-order chi connectivity index (χ1) is 8.62. The van der Waals surface area contributed by atoms with Crippen molar-refractivity contribution in [1.82, 2.24) is 0 Å². The summed E-state index contributed by atoms with van der Waals surface area (Å²) in [4.78, 5) is 0. The zero-order valence-electron chi connectivity index (χ0n) is 11.7. The highest BCUT2D eigenvalue weighted by Crippen LogP contribution is 2.47. The fourth-order valence-electron chi connectivity index (χ4n) is 3.05. The van der Waals surface area contributed by atoms with Gasteiger partial charge in [-0.1, -0.05) is 0 Å². The Bertz CT molecular complexity index is 483. The molecule has 106 valence electrons. The molecule has 19 heavy (non-hydrogen) atoms. The van der Waals surface area contributed by atoms with Crippen molar-refractivity contribution in [2.75, 3.05) is 0 Å². The van der Waals surface area contributed by atoms with E-state index in [2.05, 4.69) is 0 Å². The lowest BCUT2D eigenvalue weighted by molar-refractivity contribution is -0.0883. The Balaban J connectivity index is 2.34.